The molecule has 0 spiro atoms. The topological polar surface area (TPSA) is 69.6 Å². The maximum Gasteiger partial charge on any atom is 0.317 e. The van der Waals surface area contributed by atoms with Crippen molar-refractivity contribution in [1.82, 2.24) is 4.90 Å². The van der Waals surface area contributed by atoms with Crippen LogP contribution in [0.3, 0.4) is 0 Å². The molecule has 0 unspecified atom stereocenters. The summed E-state index contributed by atoms with van der Waals surface area (Å²) in [5.41, 5.74) is 0.409. The number of nitrogens with zero attached hydrogens (tertiary/aromatic N) is 1. The molecule has 2 rings (SSSR count). The number of hydrogen-bond donors (Lipinski definition) is 2. The lowest BCUT2D eigenvalue weighted by Gasteiger charge is -2.19. The van der Waals surface area contributed by atoms with Crippen molar-refractivity contribution < 1.29 is 19.1 Å². The molecule has 0 saturated heterocycles. The number of benzene rings is 1. The number of halogens is 1. The van der Waals surface area contributed by atoms with E-state index in [1.807, 2.05) is 0 Å². The summed E-state index contributed by atoms with van der Waals surface area (Å²) >= 11 is 0. The van der Waals surface area contributed by atoms with E-state index < -0.39 is 11.8 Å². The summed E-state index contributed by atoms with van der Waals surface area (Å²) in [6.45, 7) is 1.06. The number of nitrogens with one attached hydrogen (secondary N) is 1. The molecule has 0 atom stereocenters. The third-order valence-corrected chi connectivity index (χ3v) is 3.34. The fourth-order valence-corrected chi connectivity index (χ4v) is 2.14. The van der Waals surface area contributed by atoms with Gasteiger partial charge in [0.05, 0.1) is 6.54 Å². The number of amides is 1. The van der Waals surface area contributed by atoms with Gasteiger partial charge in [0.2, 0.25) is 5.91 Å². The average molecular weight is 294 g/mol. The van der Waals surface area contributed by atoms with Gasteiger partial charge in [-0.05, 0) is 37.0 Å². The number of carbonyl (C=O) groups excluding carboxylic acids is 1. The number of carboxylic acid groups (broad SMARTS) is 1. The number of rotatable bonds is 8. The maximum atomic E-state index is 13.0. The normalized spacial score (nSPS) is 14.2. The Hall–Kier alpha value is -1.95. The minimum atomic E-state index is -0.888. The van der Waals surface area contributed by atoms with Crippen LogP contribution in [0.1, 0.15) is 19.3 Å². The zero-order chi connectivity index (χ0) is 15.2. The first-order chi connectivity index (χ1) is 10.0. The first-order valence-electron chi connectivity index (χ1n) is 7.02. The number of carboxylic acids is 1. The highest BCUT2D eigenvalue weighted by atomic mass is 19.1. The standard InChI is InChI=1S/C15H19FN2O3/c16-12-2-1-3-13(8-12)17-14(19)6-7-18(10-15(20)21)9-11-4-5-11/h1-3,8,11H,4-7,9-10H2,(H,17,19)(H,20,21). The predicted octanol–water partition coefficient (Wildman–Crippen LogP) is 1.95. The van der Waals surface area contributed by atoms with Crippen molar-refractivity contribution in [2.24, 2.45) is 5.92 Å². The third-order valence-electron chi connectivity index (χ3n) is 3.34. The van der Waals surface area contributed by atoms with E-state index in [0.717, 1.165) is 19.4 Å². The van der Waals surface area contributed by atoms with Crippen LogP contribution in [0, 0.1) is 11.7 Å². The highest BCUT2D eigenvalue weighted by Crippen LogP contribution is 2.29. The molecule has 1 saturated carbocycles. The average Bonchev–Trinajstić information content (AvgIpc) is 3.19. The summed E-state index contributed by atoms with van der Waals surface area (Å²) in [5.74, 6) is -0.974. The Kier molecular flexibility index (Phi) is 5.27. The van der Waals surface area contributed by atoms with Gasteiger partial charge in [0.25, 0.3) is 0 Å². The van der Waals surface area contributed by atoms with Gasteiger partial charge in [-0.15, -0.1) is 0 Å². The summed E-state index contributed by atoms with van der Waals surface area (Å²) in [4.78, 5) is 24.4. The van der Waals surface area contributed by atoms with Crippen molar-refractivity contribution in [2.45, 2.75) is 19.3 Å². The van der Waals surface area contributed by atoms with Gasteiger partial charge >= 0.3 is 5.97 Å². The van der Waals surface area contributed by atoms with Crippen LogP contribution in [0.15, 0.2) is 24.3 Å². The highest BCUT2D eigenvalue weighted by molar-refractivity contribution is 5.90. The SMILES string of the molecule is O=C(O)CN(CCC(=O)Nc1cccc(F)c1)CC1CC1. The van der Waals surface area contributed by atoms with Gasteiger partial charge in [0.1, 0.15) is 5.82 Å². The molecule has 1 aromatic carbocycles. The molecule has 1 aliphatic carbocycles. The van der Waals surface area contributed by atoms with Gasteiger partial charge in [0, 0.05) is 25.2 Å². The van der Waals surface area contributed by atoms with Crippen LogP contribution in [0.4, 0.5) is 10.1 Å². The number of hydrogen-bond acceptors (Lipinski definition) is 3. The first-order valence-corrected chi connectivity index (χ1v) is 7.02. The van der Waals surface area contributed by atoms with Gasteiger partial charge in [-0.3, -0.25) is 14.5 Å². The first kappa shape index (κ1) is 15.4. The lowest BCUT2D eigenvalue weighted by atomic mass is 10.2. The molecule has 0 aliphatic heterocycles. The molecular weight excluding hydrogens is 275 g/mol. The van der Waals surface area contributed by atoms with Gasteiger partial charge < -0.3 is 10.4 Å². The molecule has 5 nitrogen and oxygen atoms in total. The molecule has 0 radical (unpaired) electrons. The zero-order valence-corrected chi connectivity index (χ0v) is 11.7. The Bertz CT molecular complexity index is 517. The molecule has 1 aliphatic rings. The summed E-state index contributed by atoms with van der Waals surface area (Å²) < 4.78 is 13.0. The van der Waals surface area contributed by atoms with Crippen molar-refractivity contribution in [3.05, 3.63) is 30.1 Å². The Balaban J connectivity index is 1.78. The molecule has 1 amide bonds. The smallest absolute Gasteiger partial charge is 0.317 e. The summed E-state index contributed by atoms with van der Waals surface area (Å²) in [6.07, 6.45) is 2.45. The molecular formula is C15H19FN2O3. The lowest BCUT2D eigenvalue weighted by Crippen LogP contribution is -2.34. The van der Waals surface area contributed by atoms with Crippen molar-refractivity contribution in [3.63, 3.8) is 0 Å². The van der Waals surface area contributed by atoms with Crippen LogP contribution in [-0.4, -0.2) is 41.5 Å². The maximum absolute atomic E-state index is 13.0. The molecule has 0 heterocycles. The summed E-state index contributed by atoms with van der Waals surface area (Å²) in [6, 6.07) is 5.69. The second-order valence-corrected chi connectivity index (χ2v) is 5.38. The monoisotopic (exact) mass is 294 g/mol. The molecule has 2 N–H and O–H groups in total. The fraction of sp³-hybridized carbons (Fsp3) is 0.467. The van der Waals surface area contributed by atoms with Crippen molar-refractivity contribution in [3.8, 4) is 0 Å². The molecule has 6 heteroatoms. The van der Waals surface area contributed by atoms with Crippen LogP contribution < -0.4 is 5.32 Å². The molecule has 1 aromatic rings. The second kappa shape index (κ2) is 7.17. The van der Waals surface area contributed by atoms with E-state index in [-0.39, 0.29) is 18.9 Å². The van der Waals surface area contributed by atoms with Gasteiger partial charge in [-0.1, -0.05) is 6.07 Å². The van der Waals surface area contributed by atoms with Gasteiger partial charge in [0.15, 0.2) is 0 Å². The number of aliphatic carboxylic acids is 1. The van der Waals surface area contributed by atoms with Crippen molar-refractivity contribution in [2.75, 3.05) is 25.0 Å². The van der Waals surface area contributed by atoms with E-state index in [1.165, 1.54) is 18.2 Å². The Morgan fingerprint density at radius 1 is 1.38 bits per heavy atom. The van der Waals surface area contributed by atoms with E-state index in [2.05, 4.69) is 5.32 Å². The van der Waals surface area contributed by atoms with E-state index in [1.54, 1.807) is 11.0 Å². The van der Waals surface area contributed by atoms with Crippen molar-refractivity contribution in [1.29, 1.82) is 0 Å². The molecule has 1 fully saturated rings. The Labute approximate surface area is 122 Å². The quantitative estimate of drug-likeness (QED) is 0.769. The fourth-order valence-electron chi connectivity index (χ4n) is 2.14. The van der Waals surface area contributed by atoms with E-state index in [0.29, 0.717) is 18.2 Å². The lowest BCUT2D eigenvalue weighted by molar-refractivity contribution is -0.138. The van der Waals surface area contributed by atoms with Crippen LogP contribution in [0.2, 0.25) is 0 Å². The zero-order valence-electron chi connectivity index (χ0n) is 11.7. The highest BCUT2D eigenvalue weighted by Gasteiger charge is 2.25. The van der Waals surface area contributed by atoms with Crippen LogP contribution in [-0.2, 0) is 9.59 Å². The molecule has 0 bridgehead atoms. The Morgan fingerprint density at radius 2 is 2.14 bits per heavy atom. The van der Waals surface area contributed by atoms with Crippen LogP contribution in [0.5, 0.6) is 0 Å². The second-order valence-electron chi connectivity index (χ2n) is 5.38. The van der Waals surface area contributed by atoms with Crippen LogP contribution >= 0.6 is 0 Å². The van der Waals surface area contributed by atoms with E-state index >= 15 is 0 Å². The largest absolute Gasteiger partial charge is 0.480 e. The van der Waals surface area contributed by atoms with E-state index in [4.69, 9.17) is 5.11 Å². The predicted molar refractivity (Wildman–Crippen MR) is 76.4 cm³/mol. The third kappa shape index (κ3) is 5.91. The summed E-state index contributed by atoms with van der Waals surface area (Å²) in [5, 5.41) is 11.5. The molecule has 0 aromatic heterocycles. The number of anilines is 1. The van der Waals surface area contributed by atoms with E-state index in [9.17, 15) is 14.0 Å². The minimum absolute atomic E-state index is 0.0518. The molecule has 21 heavy (non-hydrogen) atoms. The Morgan fingerprint density at radius 3 is 2.76 bits per heavy atom. The van der Waals surface area contributed by atoms with Crippen molar-refractivity contribution >= 4 is 17.6 Å². The van der Waals surface area contributed by atoms with Gasteiger partial charge in [-0.25, -0.2) is 4.39 Å². The van der Waals surface area contributed by atoms with Gasteiger partial charge in [-0.2, -0.15) is 0 Å². The summed E-state index contributed by atoms with van der Waals surface area (Å²) in [7, 11) is 0. The van der Waals surface area contributed by atoms with Crippen LogP contribution in [0.25, 0.3) is 0 Å². The minimum Gasteiger partial charge on any atom is -0.480 e. The number of carbonyl (C=O) groups is 2. The molecule has 114 valence electrons.